The van der Waals surface area contributed by atoms with Crippen LogP contribution in [0, 0.1) is 17.8 Å². The molecule has 4 heterocycles. The number of hydrogen-bond acceptors (Lipinski definition) is 9. The van der Waals surface area contributed by atoms with Crippen molar-refractivity contribution in [2.75, 3.05) is 26.8 Å². The Morgan fingerprint density at radius 1 is 1.20 bits per heavy atom. The van der Waals surface area contributed by atoms with Crippen molar-refractivity contribution in [2.45, 2.75) is 114 Å². The summed E-state index contributed by atoms with van der Waals surface area (Å²) in [6.45, 7) is 8.03. The molecule has 6 unspecified atom stereocenters. The average Bonchev–Trinajstić information content (AvgIpc) is 3.98. The molecular formula is C38H52N4O7S. The molecule has 2 N–H and O–H groups in total. The summed E-state index contributed by atoms with van der Waals surface area (Å²) in [5.74, 6) is 1.67. The van der Waals surface area contributed by atoms with Crippen molar-refractivity contribution in [1.82, 2.24) is 19.9 Å². The van der Waals surface area contributed by atoms with E-state index in [1.807, 2.05) is 24.3 Å². The minimum atomic E-state index is -3.87. The third-order valence-electron chi connectivity index (χ3n) is 11.9. The van der Waals surface area contributed by atoms with Crippen LogP contribution in [-0.2, 0) is 26.0 Å². The van der Waals surface area contributed by atoms with E-state index in [0.29, 0.717) is 62.4 Å². The summed E-state index contributed by atoms with van der Waals surface area (Å²) < 4.78 is 45.9. The van der Waals surface area contributed by atoms with Crippen molar-refractivity contribution in [3.8, 4) is 17.5 Å². The number of sulfonamides is 1. The van der Waals surface area contributed by atoms with Gasteiger partial charge in [-0.1, -0.05) is 32.4 Å². The van der Waals surface area contributed by atoms with Gasteiger partial charge in [0.1, 0.15) is 17.4 Å². The molecule has 12 heteroatoms. The molecule has 2 saturated carbocycles. The summed E-state index contributed by atoms with van der Waals surface area (Å²) >= 11 is 0. The molecule has 0 spiro atoms. The minimum Gasteiger partial charge on any atom is -0.497 e. The number of benzene rings is 1. The number of nitrogens with zero attached hydrogens (tertiary/aromatic N) is 2. The van der Waals surface area contributed by atoms with Gasteiger partial charge in [-0.25, -0.2) is 8.42 Å². The predicted molar refractivity (Wildman–Crippen MR) is 191 cm³/mol. The molecule has 7 rings (SSSR count). The Morgan fingerprint density at radius 2 is 2.02 bits per heavy atom. The van der Waals surface area contributed by atoms with Crippen LogP contribution < -0.4 is 24.2 Å². The standard InChI is InChI=1S/C38H52N4O7S/c1-5-25-14-17-42-23-28(49-35-30-13-12-27(47-4)20-31(30)29-11-8-18-48-34(29)39-35)21-32(42)33(43)40-38(22-26(38)10-7-6-9-24(2)19-25)36(44)41-50(45,46)37(3)15-16-37/h7,10,12-13,20,24-26,28,32H,5-6,8-9,11,14-19,21-23H2,1-4H3,(H,40,43)(H,41,44). The number of hydrogen-bond donors (Lipinski definition) is 2. The molecule has 1 saturated heterocycles. The van der Waals surface area contributed by atoms with Gasteiger partial charge in [0.2, 0.25) is 27.7 Å². The van der Waals surface area contributed by atoms with E-state index in [0.717, 1.165) is 73.6 Å². The molecule has 50 heavy (non-hydrogen) atoms. The molecule has 0 radical (unpaired) electrons. The number of carbonyl (C=O) groups is 2. The molecule has 272 valence electrons. The van der Waals surface area contributed by atoms with Gasteiger partial charge in [-0.15, -0.1) is 0 Å². The van der Waals surface area contributed by atoms with E-state index in [1.165, 1.54) is 0 Å². The fourth-order valence-corrected chi connectivity index (χ4v) is 9.46. The molecule has 1 aromatic heterocycles. The van der Waals surface area contributed by atoms with Gasteiger partial charge in [-0.05, 0) is 107 Å². The fourth-order valence-electron chi connectivity index (χ4n) is 8.15. The maximum absolute atomic E-state index is 14.3. The summed E-state index contributed by atoms with van der Waals surface area (Å²) in [4.78, 5) is 35.2. The molecule has 2 aromatic rings. The Morgan fingerprint density at radius 3 is 2.78 bits per heavy atom. The second-order valence-corrected chi connectivity index (χ2v) is 17.8. The van der Waals surface area contributed by atoms with E-state index in [9.17, 15) is 18.0 Å². The number of fused-ring (bicyclic) bond motifs is 5. The Labute approximate surface area is 295 Å². The van der Waals surface area contributed by atoms with Crippen molar-refractivity contribution in [3.05, 3.63) is 35.9 Å². The lowest BCUT2D eigenvalue weighted by atomic mass is 9.88. The maximum Gasteiger partial charge on any atom is 0.259 e. The van der Waals surface area contributed by atoms with Gasteiger partial charge in [-0.3, -0.25) is 19.2 Å². The smallest absolute Gasteiger partial charge is 0.259 e. The molecule has 5 aliphatic rings. The molecule has 3 aliphatic heterocycles. The van der Waals surface area contributed by atoms with Crippen LogP contribution >= 0.6 is 0 Å². The highest BCUT2D eigenvalue weighted by atomic mass is 32.2. The van der Waals surface area contributed by atoms with E-state index >= 15 is 0 Å². The van der Waals surface area contributed by atoms with E-state index in [-0.39, 0.29) is 17.9 Å². The molecule has 0 bridgehead atoms. The number of rotatable bonds is 7. The van der Waals surface area contributed by atoms with Crippen LogP contribution in [0.3, 0.4) is 0 Å². The number of methoxy groups -OCH3 is 1. The van der Waals surface area contributed by atoms with Gasteiger partial charge in [0.05, 0.1) is 24.5 Å². The number of aromatic nitrogens is 1. The third kappa shape index (κ3) is 6.81. The first kappa shape index (κ1) is 35.0. The molecule has 6 atom stereocenters. The summed E-state index contributed by atoms with van der Waals surface area (Å²) in [7, 11) is -2.22. The van der Waals surface area contributed by atoms with Crippen molar-refractivity contribution in [3.63, 3.8) is 0 Å². The quantitative estimate of drug-likeness (QED) is 0.379. The number of nitrogens with one attached hydrogen (secondary N) is 2. The first-order valence-electron chi connectivity index (χ1n) is 18.5. The lowest BCUT2D eigenvalue weighted by molar-refractivity contribution is -0.132. The second-order valence-electron chi connectivity index (χ2n) is 15.6. The van der Waals surface area contributed by atoms with Gasteiger partial charge in [0, 0.05) is 29.8 Å². The summed E-state index contributed by atoms with van der Waals surface area (Å²) in [6, 6.07) is 5.33. The number of allylic oxidation sites excluding steroid dienone is 1. The predicted octanol–water partition coefficient (Wildman–Crippen LogP) is 5.06. The highest BCUT2D eigenvalue weighted by Crippen LogP contribution is 2.48. The highest BCUT2D eigenvalue weighted by Gasteiger charge is 2.63. The first-order valence-corrected chi connectivity index (χ1v) is 20.0. The van der Waals surface area contributed by atoms with E-state index in [1.54, 1.807) is 14.0 Å². The van der Waals surface area contributed by atoms with Gasteiger partial charge < -0.3 is 19.5 Å². The lowest BCUT2D eigenvalue weighted by Gasteiger charge is -2.28. The third-order valence-corrected chi connectivity index (χ3v) is 14.1. The highest BCUT2D eigenvalue weighted by molar-refractivity contribution is 7.91. The Balaban J connectivity index is 1.17. The molecule has 2 amide bonds. The van der Waals surface area contributed by atoms with Crippen molar-refractivity contribution >= 4 is 32.6 Å². The van der Waals surface area contributed by atoms with Crippen LogP contribution in [0.2, 0.25) is 0 Å². The molecule has 2 aliphatic carbocycles. The largest absolute Gasteiger partial charge is 0.497 e. The average molecular weight is 709 g/mol. The molecular weight excluding hydrogens is 657 g/mol. The van der Waals surface area contributed by atoms with Crippen LogP contribution in [0.5, 0.6) is 17.5 Å². The van der Waals surface area contributed by atoms with Gasteiger partial charge >= 0.3 is 0 Å². The van der Waals surface area contributed by atoms with E-state index < -0.39 is 32.3 Å². The SMILES string of the molecule is CCC1CCN2CC(Oc3nc4c(c5cc(OC)ccc35)CCCO4)CC2C(=O)NC2(C(=O)NS(=O)(=O)C3(C)CC3)CC2C=CCCC(C)C1. The Bertz CT molecular complexity index is 1780. The minimum absolute atomic E-state index is 0.273. The van der Waals surface area contributed by atoms with E-state index in [4.69, 9.17) is 19.2 Å². The van der Waals surface area contributed by atoms with Crippen molar-refractivity contribution in [1.29, 1.82) is 0 Å². The van der Waals surface area contributed by atoms with Crippen LogP contribution in [0.1, 0.15) is 90.5 Å². The lowest BCUT2D eigenvalue weighted by Crippen LogP contribution is -2.56. The number of ether oxygens (including phenoxy) is 3. The topological polar surface area (TPSA) is 136 Å². The zero-order valence-corrected chi connectivity index (χ0v) is 30.6. The zero-order chi connectivity index (χ0) is 35.3. The molecule has 1 aromatic carbocycles. The van der Waals surface area contributed by atoms with E-state index in [2.05, 4.69) is 34.9 Å². The summed E-state index contributed by atoms with van der Waals surface area (Å²) in [6.07, 6.45) is 12.4. The van der Waals surface area contributed by atoms with Crippen molar-refractivity contribution < 1.29 is 32.2 Å². The number of aryl methyl sites for hydroxylation is 1. The monoisotopic (exact) mass is 708 g/mol. The molecule has 3 fully saturated rings. The normalized spacial score (nSPS) is 31.1. The van der Waals surface area contributed by atoms with Gasteiger partial charge in [-0.2, -0.15) is 4.98 Å². The number of pyridine rings is 1. The van der Waals surface area contributed by atoms with Gasteiger partial charge in [0.15, 0.2) is 0 Å². The fraction of sp³-hybridized carbons (Fsp3) is 0.658. The zero-order valence-electron chi connectivity index (χ0n) is 29.8. The van der Waals surface area contributed by atoms with Crippen molar-refractivity contribution in [2.24, 2.45) is 17.8 Å². The first-order chi connectivity index (χ1) is 23.9. The summed E-state index contributed by atoms with van der Waals surface area (Å²) in [5, 5.41) is 4.95. The van der Waals surface area contributed by atoms with Crippen LogP contribution in [0.4, 0.5) is 0 Å². The second kappa shape index (κ2) is 13.6. The Kier molecular flexibility index (Phi) is 9.56. The van der Waals surface area contributed by atoms with Gasteiger partial charge in [0.25, 0.3) is 5.91 Å². The van der Waals surface area contributed by atoms with Crippen LogP contribution in [0.15, 0.2) is 30.4 Å². The molecule has 11 nitrogen and oxygen atoms in total. The van der Waals surface area contributed by atoms with Crippen LogP contribution in [-0.4, -0.2) is 79.4 Å². The number of amides is 2. The van der Waals surface area contributed by atoms with Crippen LogP contribution in [0.25, 0.3) is 10.8 Å². The Hall–Kier alpha value is -3.38. The summed E-state index contributed by atoms with van der Waals surface area (Å²) in [5.41, 5.74) is -0.258. The maximum atomic E-state index is 14.3. The number of carbonyl (C=O) groups excluding carboxylic acids is 2.